The summed E-state index contributed by atoms with van der Waals surface area (Å²) in [5.41, 5.74) is 0.822. The van der Waals surface area contributed by atoms with Gasteiger partial charge in [0.15, 0.2) is 11.0 Å². The Morgan fingerprint density at radius 1 is 1.09 bits per heavy atom. The minimum Gasteiger partial charge on any atom is -0.450 e. The third kappa shape index (κ3) is 2.96. The van der Waals surface area contributed by atoms with E-state index in [-0.39, 0.29) is 35.3 Å². The molecule has 0 N–H and O–H groups in total. The molecule has 0 saturated carbocycles. The lowest BCUT2D eigenvalue weighted by atomic mass is 9.84. The Morgan fingerprint density at radius 2 is 1.85 bits per heavy atom. The van der Waals surface area contributed by atoms with E-state index in [0.29, 0.717) is 41.8 Å². The van der Waals surface area contributed by atoms with Crippen molar-refractivity contribution in [2.75, 3.05) is 24.6 Å². The van der Waals surface area contributed by atoms with E-state index < -0.39 is 11.4 Å². The molecule has 3 aromatic rings. The fraction of sp³-hybridized carbons (Fsp3) is 0.370. The van der Waals surface area contributed by atoms with Crippen molar-refractivity contribution in [2.45, 2.75) is 45.8 Å². The molecule has 0 radical (unpaired) electrons. The summed E-state index contributed by atoms with van der Waals surface area (Å²) < 4.78 is 11.7. The summed E-state index contributed by atoms with van der Waals surface area (Å²) >= 11 is 0. The number of rotatable bonds is 6. The van der Waals surface area contributed by atoms with Crippen LogP contribution in [0.25, 0.3) is 11.0 Å². The van der Waals surface area contributed by atoms with Gasteiger partial charge in [0, 0.05) is 25.3 Å². The Hall–Kier alpha value is -3.45. The van der Waals surface area contributed by atoms with Gasteiger partial charge in [0.05, 0.1) is 22.7 Å². The summed E-state index contributed by atoms with van der Waals surface area (Å²) in [5, 5.41) is 0.371. The van der Waals surface area contributed by atoms with E-state index >= 15 is 0 Å². The zero-order chi connectivity index (χ0) is 24.2. The monoisotopic (exact) mass is 460 g/mol. The van der Waals surface area contributed by atoms with Gasteiger partial charge >= 0.3 is 0 Å². The number of benzene rings is 2. The summed E-state index contributed by atoms with van der Waals surface area (Å²) in [4.78, 5) is 45.1. The number of fused-ring (bicyclic) bond motifs is 5. The fourth-order valence-corrected chi connectivity index (χ4v) is 5.26. The minimum atomic E-state index is -1.55. The molecule has 34 heavy (non-hydrogen) atoms. The summed E-state index contributed by atoms with van der Waals surface area (Å²) in [6, 6.07) is 12.7. The highest BCUT2D eigenvalue weighted by molar-refractivity contribution is 6.17. The first-order valence-electron chi connectivity index (χ1n) is 11.7. The van der Waals surface area contributed by atoms with Crippen molar-refractivity contribution < 1.29 is 18.7 Å². The SMILES string of the molecule is CCN1C(=O)[C@@]2(c3ccccc31)c1c(oc3ccc(C)cc3c1=O)C(=O)N2CCCOC(C)C. The normalized spacial score (nSPS) is 19.1. The summed E-state index contributed by atoms with van der Waals surface area (Å²) in [6.07, 6.45) is 0.579. The predicted molar refractivity (Wildman–Crippen MR) is 129 cm³/mol. The molecule has 3 heterocycles. The van der Waals surface area contributed by atoms with Gasteiger partial charge in [-0.25, -0.2) is 0 Å². The fourth-order valence-electron chi connectivity index (χ4n) is 5.26. The van der Waals surface area contributed by atoms with Gasteiger partial charge < -0.3 is 19.0 Å². The second-order valence-electron chi connectivity index (χ2n) is 9.14. The molecule has 1 atom stereocenters. The van der Waals surface area contributed by atoms with Crippen molar-refractivity contribution >= 4 is 28.5 Å². The van der Waals surface area contributed by atoms with Crippen molar-refractivity contribution in [3.8, 4) is 0 Å². The zero-order valence-corrected chi connectivity index (χ0v) is 19.9. The average Bonchev–Trinajstić information content (AvgIpc) is 3.21. The van der Waals surface area contributed by atoms with E-state index in [4.69, 9.17) is 9.15 Å². The van der Waals surface area contributed by atoms with Gasteiger partial charge in [-0.1, -0.05) is 29.8 Å². The molecule has 0 saturated heterocycles. The van der Waals surface area contributed by atoms with Crippen molar-refractivity contribution in [3.63, 3.8) is 0 Å². The predicted octanol–water partition coefficient (Wildman–Crippen LogP) is 3.98. The van der Waals surface area contributed by atoms with Crippen LogP contribution in [0.2, 0.25) is 0 Å². The molecule has 5 rings (SSSR count). The Balaban J connectivity index is 1.78. The van der Waals surface area contributed by atoms with Crippen LogP contribution in [0, 0.1) is 6.92 Å². The van der Waals surface area contributed by atoms with E-state index in [2.05, 4.69) is 0 Å². The van der Waals surface area contributed by atoms with Crippen LogP contribution in [0.5, 0.6) is 0 Å². The summed E-state index contributed by atoms with van der Waals surface area (Å²) in [7, 11) is 0. The highest BCUT2D eigenvalue weighted by Gasteiger charge is 2.64. The van der Waals surface area contributed by atoms with Gasteiger partial charge in [-0.05, 0) is 52.3 Å². The number of nitrogens with zero attached hydrogens (tertiary/aromatic N) is 2. The molecule has 2 aromatic carbocycles. The molecule has 0 fully saturated rings. The Labute approximate surface area is 197 Å². The number of likely N-dealkylation sites (N-methyl/N-ethyl adjacent to an activating group) is 1. The molecule has 2 amide bonds. The molecule has 0 unspecified atom stereocenters. The van der Waals surface area contributed by atoms with Gasteiger partial charge in [0.25, 0.3) is 11.8 Å². The Kier molecular flexibility index (Phi) is 5.32. The molecular formula is C27H28N2O5. The number of hydrogen-bond donors (Lipinski definition) is 0. The quantitative estimate of drug-likeness (QED) is 0.520. The van der Waals surface area contributed by atoms with Gasteiger partial charge in [-0.3, -0.25) is 14.4 Å². The van der Waals surface area contributed by atoms with Crippen LogP contribution in [0.3, 0.4) is 0 Å². The van der Waals surface area contributed by atoms with E-state index in [9.17, 15) is 14.4 Å². The molecular weight excluding hydrogens is 432 g/mol. The van der Waals surface area contributed by atoms with Crippen LogP contribution in [0.4, 0.5) is 5.69 Å². The van der Waals surface area contributed by atoms with Gasteiger partial charge in [0.1, 0.15) is 5.58 Å². The van der Waals surface area contributed by atoms with E-state index in [1.54, 1.807) is 17.0 Å². The average molecular weight is 461 g/mol. The van der Waals surface area contributed by atoms with E-state index in [1.165, 1.54) is 4.90 Å². The maximum absolute atomic E-state index is 14.2. The molecule has 0 bridgehead atoms. The highest BCUT2D eigenvalue weighted by Crippen LogP contribution is 2.52. The number of carbonyl (C=O) groups excluding carboxylic acids is 2. The highest BCUT2D eigenvalue weighted by atomic mass is 16.5. The number of para-hydroxylation sites is 1. The number of anilines is 1. The van der Waals surface area contributed by atoms with Crippen LogP contribution >= 0.6 is 0 Å². The van der Waals surface area contributed by atoms with Crippen LogP contribution < -0.4 is 10.3 Å². The van der Waals surface area contributed by atoms with Gasteiger partial charge in [-0.15, -0.1) is 0 Å². The van der Waals surface area contributed by atoms with E-state index in [0.717, 1.165) is 5.56 Å². The molecule has 1 aromatic heterocycles. The number of amides is 2. The number of carbonyl (C=O) groups is 2. The van der Waals surface area contributed by atoms with Crippen molar-refractivity contribution in [1.29, 1.82) is 0 Å². The first-order valence-corrected chi connectivity index (χ1v) is 11.7. The smallest absolute Gasteiger partial charge is 0.291 e. The number of aryl methyl sites for hydroxylation is 1. The first kappa shape index (κ1) is 22.3. The largest absolute Gasteiger partial charge is 0.450 e. The topological polar surface area (TPSA) is 80.1 Å². The second kappa shape index (κ2) is 8.09. The lowest BCUT2D eigenvalue weighted by Gasteiger charge is -2.34. The van der Waals surface area contributed by atoms with Crippen LogP contribution in [0.15, 0.2) is 51.7 Å². The van der Waals surface area contributed by atoms with Crippen molar-refractivity contribution in [3.05, 3.63) is 75.1 Å². The molecule has 2 aliphatic heterocycles. The molecule has 0 aliphatic carbocycles. The maximum Gasteiger partial charge on any atom is 0.291 e. The Morgan fingerprint density at radius 3 is 2.59 bits per heavy atom. The third-order valence-electron chi connectivity index (χ3n) is 6.68. The number of ether oxygens (including phenoxy) is 1. The van der Waals surface area contributed by atoms with Crippen molar-refractivity contribution in [2.24, 2.45) is 0 Å². The van der Waals surface area contributed by atoms with Crippen LogP contribution in [0.1, 0.15) is 54.4 Å². The molecule has 176 valence electrons. The molecule has 1 spiro atoms. The second-order valence-corrected chi connectivity index (χ2v) is 9.14. The summed E-state index contributed by atoms with van der Waals surface area (Å²) in [5.74, 6) is -0.792. The molecule has 7 heteroatoms. The van der Waals surface area contributed by atoms with E-state index in [1.807, 2.05) is 58.0 Å². The lowest BCUT2D eigenvalue weighted by Crippen LogP contribution is -2.53. The van der Waals surface area contributed by atoms with Crippen LogP contribution in [-0.4, -0.2) is 42.5 Å². The third-order valence-corrected chi connectivity index (χ3v) is 6.68. The lowest BCUT2D eigenvalue weighted by molar-refractivity contribution is -0.126. The van der Waals surface area contributed by atoms with Crippen LogP contribution in [-0.2, 0) is 15.1 Å². The maximum atomic E-state index is 14.2. The van der Waals surface area contributed by atoms with Gasteiger partial charge in [-0.2, -0.15) is 0 Å². The first-order chi connectivity index (χ1) is 16.3. The minimum absolute atomic E-state index is 0.0489. The zero-order valence-electron chi connectivity index (χ0n) is 19.9. The summed E-state index contributed by atoms with van der Waals surface area (Å²) in [6.45, 7) is 8.78. The Bertz CT molecular complexity index is 1380. The standard InChI is InChI=1S/C27H28N2O5/c1-5-28-20-10-7-6-9-19(20)27(26(28)32)22-23(30)18-15-17(4)11-12-21(18)34-24(22)25(31)29(27)13-8-14-33-16(2)3/h6-7,9-12,15-16H,5,8,13-14H2,1-4H3/t27-/m1/s1. The van der Waals surface area contributed by atoms with Gasteiger partial charge in [0.2, 0.25) is 5.76 Å². The molecule has 2 aliphatic rings. The molecule has 7 nitrogen and oxygen atoms in total. The number of hydrogen-bond acceptors (Lipinski definition) is 5. The van der Waals surface area contributed by atoms with Crippen molar-refractivity contribution in [1.82, 2.24) is 4.90 Å².